The van der Waals surface area contributed by atoms with Gasteiger partial charge < -0.3 is 25.8 Å². The Morgan fingerprint density at radius 2 is 1.52 bits per heavy atom. The van der Waals surface area contributed by atoms with Gasteiger partial charge in [-0.25, -0.2) is 0 Å². The lowest BCUT2D eigenvalue weighted by atomic mass is 9.91. The van der Waals surface area contributed by atoms with Gasteiger partial charge in [0.15, 0.2) is 5.78 Å². The van der Waals surface area contributed by atoms with Crippen molar-refractivity contribution in [1.29, 1.82) is 0 Å². The molecule has 0 aliphatic heterocycles. The number of ketones is 1. The Kier molecular flexibility index (Phi) is 6.11. The Balaban J connectivity index is 1.53. The van der Waals surface area contributed by atoms with Crippen LogP contribution in [0.1, 0.15) is 28.4 Å². The number of rotatable bonds is 6. The third-order valence-corrected chi connectivity index (χ3v) is 7.51. The van der Waals surface area contributed by atoms with Gasteiger partial charge in [0.05, 0.1) is 11.6 Å². The number of carbonyl (C=O) groups is 1. The maximum atomic E-state index is 13.9. The van der Waals surface area contributed by atoms with Crippen LogP contribution in [-0.2, 0) is 7.05 Å². The summed E-state index contributed by atoms with van der Waals surface area (Å²) in [5.41, 5.74) is 7.76. The van der Waals surface area contributed by atoms with E-state index in [-0.39, 0.29) is 23.5 Å². The second kappa shape index (κ2) is 9.78. The Morgan fingerprint density at radius 3 is 2.33 bits per heavy atom. The molecule has 198 valence electrons. The molecule has 0 amide bonds. The van der Waals surface area contributed by atoms with E-state index in [0.717, 1.165) is 21.5 Å². The number of Topliss-reactive ketones (excluding diaryl/α,β-unsaturated/α-hetero) is 1. The largest absolute Gasteiger partial charge is 0.508 e. The first-order chi connectivity index (χ1) is 19.3. The monoisotopic (exact) mass is 529 g/mol. The van der Waals surface area contributed by atoms with Gasteiger partial charge in [-0.2, -0.15) is 0 Å². The zero-order valence-corrected chi connectivity index (χ0v) is 21.8. The van der Waals surface area contributed by atoms with Crippen LogP contribution in [0.25, 0.3) is 32.4 Å². The molecule has 5 N–H and O–H groups in total. The van der Waals surface area contributed by atoms with Gasteiger partial charge in [0, 0.05) is 41.2 Å². The molecule has 7 heteroatoms. The zero-order valence-electron chi connectivity index (χ0n) is 21.8. The highest BCUT2D eigenvalue weighted by Crippen LogP contribution is 2.39. The molecule has 6 rings (SSSR count). The lowest BCUT2D eigenvalue weighted by molar-refractivity contribution is 0.0972. The van der Waals surface area contributed by atoms with Crippen LogP contribution >= 0.6 is 0 Å². The van der Waals surface area contributed by atoms with E-state index in [1.807, 2.05) is 60.7 Å². The van der Waals surface area contributed by atoms with E-state index >= 15 is 0 Å². The van der Waals surface area contributed by atoms with Gasteiger partial charge in [0.1, 0.15) is 17.1 Å². The van der Waals surface area contributed by atoms with Gasteiger partial charge >= 0.3 is 0 Å². The average Bonchev–Trinajstić information content (AvgIpc) is 2.96. The first-order valence-electron chi connectivity index (χ1n) is 12.9. The van der Waals surface area contributed by atoms with Crippen LogP contribution in [0.2, 0.25) is 0 Å². The third kappa shape index (κ3) is 4.08. The minimum absolute atomic E-state index is 0.00726. The van der Waals surface area contributed by atoms with E-state index in [9.17, 15) is 19.8 Å². The number of hydrogen-bond acceptors (Lipinski definition) is 6. The molecule has 5 aromatic carbocycles. The topological polar surface area (TPSA) is 118 Å². The van der Waals surface area contributed by atoms with Crippen molar-refractivity contribution in [1.82, 2.24) is 4.57 Å². The third-order valence-electron chi connectivity index (χ3n) is 7.51. The molecule has 0 unspecified atom stereocenters. The van der Waals surface area contributed by atoms with Crippen LogP contribution in [0.5, 0.6) is 11.5 Å². The highest BCUT2D eigenvalue weighted by molar-refractivity contribution is 6.05. The molecule has 1 atom stereocenters. The highest BCUT2D eigenvalue weighted by atomic mass is 16.3. The van der Waals surface area contributed by atoms with E-state index in [1.165, 1.54) is 4.57 Å². The number of carbonyl (C=O) groups excluding carboxylic acids is 1. The van der Waals surface area contributed by atoms with Gasteiger partial charge in [-0.1, -0.05) is 66.7 Å². The lowest BCUT2D eigenvalue weighted by Gasteiger charge is -2.24. The molecule has 0 spiro atoms. The molecular weight excluding hydrogens is 502 g/mol. The number of hydrogen-bond donors (Lipinski definition) is 4. The Bertz CT molecular complexity index is 2010. The Morgan fingerprint density at radius 1 is 0.850 bits per heavy atom. The quantitative estimate of drug-likeness (QED) is 0.149. The van der Waals surface area contributed by atoms with Gasteiger partial charge in [0.25, 0.3) is 5.56 Å². The molecule has 40 heavy (non-hydrogen) atoms. The number of nitrogen functional groups attached to an aromatic ring is 1. The van der Waals surface area contributed by atoms with Crippen molar-refractivity contribution in [2.45, 2.75) is 12.5 Å². The van der Waals surface area contributed by atoms with Crippen LogP contribution in [-0.4, -0.2) is 20.6 Å². The minimum atomic E-state index is -0.764. The number of nitrogens with zero attached hydrogens (tertiary/aromatic N) is 1. The number of para-hydroxylation sites is 1. The van der Waals surface area contributed by atoms with Gasteiger partial charge in [-0.3, -0.25) is 9.59 Å². The number of aryl methyl sites for hydroxylation is 1. The van der Waals surface area contributed by atoms with Gasteiger partial charge in [-0.05, 0) is 46.5 Å². The lowest BCUT2D eigenvalue weighted by Crippen LogP contribution is -2.27. The zero-order chi connectivity index (χ0) is 28.0. The molecular formula is C33H27N3O4. The number of phenols is 1. The maximum absolute atomic E-state index is 13.9. The summed E-state index contributed by atoms with van der Waals surface area (Å²) in [6.07, 6.45) is -0.216. The number of nitrogens with one attached hydrogen (secondary N) is 1. The molecule has 6 aromatic rings. The van der Waals surface area contributed by atoms with Crippen molar-refractivity contribution in [3.63, 3.8) is 0 Å². The predicted octanol–water partition coefficient (Wildman–Crippen LogP) is 6.26. The highest BCUT2D eigenvalue weighted by Gasteiger charge is 2.27. The van der Waals surface area contributed by atoms with Crippen molar-refractivity contribution < 1.29 is 15.0 Å². The van der Waals surface area contributed by atoms with E-state index in [1.54, 1.807) is 43.4 Å². The number of aromatic nitrogens is 1. The van der Waals surface area contributed by atoms with Crippen LogP contribution in [0.3, 0.4) is 0 Å². The molecule has 0 radical (unpaired) electrons. The summed E-state index contributed by atoms with van der Waals surface area (Å²) in [5.74, 6) is -0.895. The summed E-state index contributed by atoms with van der Waals surface area (Å²) in [6.45, 7) is 0. The molecule has 0 aliphatic carbocycles. The molecule has 7 nitrogen and oxygen atoms in total. The summed E-state index contributed by atoms with van der Waals surface area (Å²) < 4.78 is 1.37. The SMILES string of the molecule is Cn1c(=O)c(C(=O)C[C@H](Nc2cccc3cccc(N)c23)c2c(O)ccc3ccccc23)c(O)c2ccccc21. The number of anilines is 2. The number of nitrogens with two attached hydrogens (primary N) is 1. The first kappa shape index (κ1) is 25.0. The summed E-state index contributed by atoms with van der Waals surface area (Å²) in [5, 5.41) is 29.4. The summed E-state index contributed by atoms with van der Waals surface area (Å²) in [6, 6.07) is 28.4. The Hall–Kier alpha value is -5.30. The maximum Gasteiger partial charge on any atom is 0.265 e. The Labute approximate surface area is 229 Å². The van der Waals surface area contributed by atoms with E-state index < -0.39 is 17.4 Å². The smallest absolute Gasteiger partial charge is 0.265 e. The van der Waals surface area contributed by atoms with Crippen molar-refractivity contribution in [2.24, 2.45) is 7.05 Å². The average molecular weight is 530 g/mol. The van der Waals surface area contributed by atoms with Crippen LogP contribution in [0.4, 0.5) is 11.4 Å². The molecule has 0 fully saturated rings. The fourth-order valence-corrected chi connectivity index (χ4v) is 5.57. The van der Waals surface area contributed by atoms with Gasteiger partial charge in [-0.15, -0.1) is 0 Å². The standard InChI is InChI=1S/C33H27N3O4/c1-36-26-15-5-4-12-22(26)32(39)31(33(36)40)28(38)18-25(30-21-11-3-2-8-19(21)16-17-27(30)37)35-24-14-7-10-20-9-6-13-23(34)29(20)24/h2-17,25,35,37,39H,18,34H2,1H3/t25-/m0/s1. The van der Waals surface area contributed by atoms with Gasteiger partial charge in [0.2, 0.25) is 0 Å². The second-order valence-corrected chi connectivity index (χ2v) is 9.90. The van der Waals surface area contributed by atoms with Crippen molar-refractivity contribution in [3.8, 4) is 11.5 Å². The molecule has 0 saturated heterocycles. The van der Waals surface area contributed by atoms with Crippen molar-refractivity contribution >= 4 is 49.6 Å². The normalized spacial score (nSPS) is 12.1. The van der Waals surface area contributed by atoms with E-state index in [2.05, 4.69) is 5.32 Å². The number of fused-ring (bicyclic) bond motifs is 3. The van der Waals surface area contributed by atoms with Crippen LogP contribution < -0.4 is 16.6 Å². The fraction of sp³-hybridized carbons (Fsp3) is 0.0909. The van der Waals surface area contributed by atoms with Crippen LogP contribution in [0, 0.1) is 0 Å². The minimum Gasteiger partial charge on any atom is -0.508 e. The van der Waals surface area contributed by atoms with E-state index in [0.29, 0.717) is 27.8 Å². The summed E-state index contributed by atoms with van der Waals surface area (Å²) >= 11 is 0. The number of aromatic hydroxyl groups is 2. The van der Waals surface area contributed by atoms with Crippen LogP contribution in [0.15, 0.2) is 102 Å². The number of benzene rings is 5. The number of pyridine rings is 1. The molecule has 0 aliphatic rings. The molecule has 0 bridgehead atoms. The van der Waals surface area contributed by atoms with Crippen molar-refractivity contribution in [2.75, 3.05) is 11.1 Å². The molecule has 1 aromatic heterocycles. The first-order valence-corrected chi connectivity index (χ1v) is 12.9. The fourth-order valence-electron chi connectivity index (χ4n) is 5.57. The summed E-state index contributed by atoms with van der Waals surface area (Å²) in [7, 11) is 1.58. The predicted molar refractivity (Wildman–Crippen MR) is 160 cm³/mol. The van der Waals surface area contributed by atoms with Crippen molar-refractivity contribution in [3.05, 3.63) is 119 Å². The number of phenolic OH excluding ortho intramolecular Hbond substituents is 1. The molecule has 0 saturated carbocycles. The van der Waals surface area contributed by atoms with E-state index in [4.69, 9.17) is 5.73 Å². The second-order valence-electron chi connectivity index (χ2n) is 9.90. The molecule has 1 heterocycles. The summed E-state index contributed by atoms with van der Waals surface area (Å²) in [4.78, 5) is 27.2.